The molecule has 0 heterocycles. The summed E-state index contributed by atoms with van der Waals surface area (Å²) in [7, 11) is 0. The van der Waals surface area contributed by atoms with Crippen LogP contribution in [-0.4, -0.2) is 0 Å². The van der Waals surface area contributed by atoms with Crippen LogP contribution in [0.25, 0.3) is 27.8 Å². The second-order valence-electron chi connectivity index (χ2n) is 9.27. The molecule has 0 aromatic heterocycles. The minimum atomic E-state index is 1.05. The van der Waals surface area contributed by atoms with Crippen LogP contribution in [0.1, 0.15) is 11.1 Å². The van der Waals surface area contributed by atoms with Gasteiger partial charge in [-0.05, 0) is 76.7 Å². The molecule has 5 aromatic rings. The molecule has 1 nitrogen and oxygen atoms in total. The Hall–Kier alpha value is -4.88. The van der Waals surface area contributed by atoms with E-state index in [2.05, 4.69) is 146 Å². The Balaban J connectivity index is 1.54. The van der Waals surface area contributed by atoms with Crippen molar-refractivity contribution < 1.29 is 0 Å². The zero-order valence-corrected chi connectivity index (χ0v) is 21.7. The lowest BCUT2D eigenvalue weighted by Gasteiger charge is -2.26. The first-order chi connectivity index (χ1) is 18.7. The molecule has 0 amide bonds. The van der Waals surface area contributed by atoms with Crippen molar-refractivity contribution in [3.8, 4) is 22.3 Å². The van der Waals surface area contributed by atoms with Crippen LogP contribution >= 0.6 is 0 Å². The predicted molar refractivity (Wildman–Crippen MR) is 165 cm³/mol. The van der Waals surface area contributed by atoms with Gasteiger partial charge in [-0.3, -0.25) is 0 Å². The Bertz CT molecular complexity index is 1540. The number of hydrogen-bond acceptors (Lipinski definition) is 1. The van der Waals surface area contributed by atoms with E-state index in [0.717, 1.165) is 28.2 Å². The summed E-state index contributed by atoms with van der Waals surface area (Å²) in [4.78, 5) is 2.29. The molecule has 0 radical (unpaired) electrons. The molecule has 0 aliphatic rings. The highest BCUT2D eigenvalue weighted by Gasteiger charge is 2.13. The van der Waals surface area contributed by atoms with Gasteiger partial charge in [0.05, 0.1) is 0 Å². The van der Waals surface area contributed by atoms with Gasteiger partial charge in [-0.15, -0.1) is 0 Å². The number of hydrogen-bond donors (Lipinski definition) is 0. The van der Waals surface area contributed by atoms with Crippen molar-refractivity contribution in [2.45, 2.75) is 6.92 Å². The van der Waals surface area contributed by atoms with E-state index in [-0.39, 0.29) is 0 Å². The summed E-state index contributed by atoms with van der Waals surface area (Å²) in [6.07, 6.45) is 5.63. The molecule has 0 bridgehead atoms. The molecule has 38 heavy (non-hydrogen) atoms. The van der Waals surface area contributed by atoms with E-state index in [0.29, 0.717) is 0 Å². The molecule has 0 fully saturated rings. The van der Waals surface area contributed by atoms with Crippen molar-refractivity contribution in [1.29, 1.82) is 0 Å². The Morgan fingerprint density at radius 1 is 0.526 bits per heavy atom. The summed E-state index contributed by atoms with van der Waals surface area (Å²) in [6.45, 7) is 9.90. The van der Waals surface area contributed by atoms with Crippen molar-refractivity contribution in [3.63, 3.8) is 0 Å². The zero-order valence-electron chi connectivity index (χ0n) is 21.7. The lowest BCUT2D eigenvalue weighted by molar-refractivity contribution is 1.28. The number of nitrogens with zero attached hydrogens (tertiary/aromatic N) is 1. The van der Waals surface area contributed by atoms with E-state index in [1.54, 1.807) is 6.08 Å². The number of benzene rings is 5. The van der Waals surface area contributed by atoms with Crippen LogP contribution in [0.4, 0.5) is 17.1 Å². The summed E-state index contributed by atoms with van der Waals surface area (Å²) in [6, 6.07) is 45.3. The fourth-order valence-electron chi connectivity index (χ4n) is 4.64. The molecule has 0 spiro atoms. The van der Waals surface area contributed by atoms with Gasteiger partial charge in [0.1, 0.15) is 0 Å². The first-order valence-corrected chi connectivity index (χ1v) is 12.8. The maximum Gasteiger partial charge on any atom is 0.0462 e. The standard InChI is InChI=1S/C37H31N/c1-4-9-29(5-2)31-16-22-35(23-17-31)38(36-24-18-33(19-25-36)30-10-7-6-8-11-30)37-26-20-34(21-27-37)32-14-12-28(3)13-15-32/h4-27H,1-2H2,3H3/b29-9+. The molecule has 0 aliphatic carbocycles. The van der Waals surface area contributed by atoms with Crippen LogP contribution in [0.2, 0.25) is 0 Å². The average Bonchev–Trinajstić information content (AvgIpc) is 2.98. The van der Waals surface area contributed by atoms with Crippen LogP contribution in [0.15, 0.2) is 159 Å². The molecule has 0 aliphatic heterocycles. The van der Waals surface area contributed by atoms with Gasteiger partial charge in [0.15, 0.2) is 0 Å². The normalized spacial score (nSPS) is 11.1. The molecule has 5 aromatic carbocycles. The molecule has 0 N–H and O–H groups in total. The molecule has 0 unspecified atom stereocenters. The molecule has 1 heteroatoms. The summed E-state index contributed by atoms with van der Waals surface area (Å²) in [5.74, 6) is 0. The Labute approximate surface area is 226 Å². The van der Waals surface area contributed by atoms with Gasteiger partial charge >= 0.3 is 0 Å². The number of aryl methyl sites for hydroxylation is 1. The maximum atomic E-state index is 3.95. The molecule has 5 rings (SSSR count). The van der Waals surface area contributed by atoms with Crippen molar-refractivity contribution in [3.05, 3.63) is 170 Å². The molecular weight excluding hydrogens is 458 g/mol. The Kier molecular flexibility index (Phi) is 7.47. The highest BCUT2D eigenvalue weighted by atomic mass is 15.1. The largest absolute Gasteiger partial charge is 0.311 e. The van der Waals surface area contributed by atoms with Crippen molar-refractivity contribution >= 4 is 22.6 Å². The van der Waals surface area contributed by atoms with Crippen molar-refractivity contribution in [2.24, 2.45) is 0 Å². The van der Waals surface area contributed by atoms with E-state index in [1.165, 1.54) is 27.8 Å². The monoisotopic (exact) mass is 489 g/mol. The fraction of sp³-hybridized carbons (Fsp3) is 0.0270. The number of rotatable bonds is 8. The van der Waals surface area contributed by atoms with Crippen LogP contribution in [-0.2, 0) is 0 Å². The first kappa shape index (κ1) is 24.8. The summed E-state index contributed by atoms with van der Waals surface area (Å²) in [5.41, 5.74) is 11.5. The van der Waals surface area contributed by atoms with E-state index >= 15 is 0 Å². The third-order valence-corrected chi connectivity index (χ3v) is 6.72. The van der Waals surface area contributed by atoms with Gasteiger partial charge < -0.3 is 4.90 Å². The second kappa shape index (κ2) is 11.5. The van der Waals surface area contributed by atoms with Gasteiger partial charge in [0.2, 0.25) is 0 Å². The van der Waals surface area contributed by atoms with Crippen LogP contribution in [0, 0.1) is 6.92 Å². The van der Waals surface area contributed by atoms with Crippen LogP contribution < -0.4 is 4.90 Å². The third-order valence-electron chi connectivity index (χ3n) is 6.72. The Morgan fingerprint density at radius 3 is 1.39 bits per heavy atom. The number of allylic oxidation sites excluding steroid dienone is 4. The summed E-state index contributed by atoms with van der Waals surface area (Å²) < 4.78 is 0. The molecular formula is C37H31N. The average molecular weight is 490 g/mol. The summed E-state index contributed by atoms with van der Waals surface area (Å²) in [5, 5.41) is 0. The highest BCUT2D eigenvalue weighted by Crippen LogP contribution is 2.37. The molecule has 184 valence electrons. The van der Waals surface area contributed by atoms with Gasteiger partial charge in [-0.1, -0.05) is 128 Å². The zero-order chi connectivity index (χ0) is 26.3. The van der Waals surface area contributed by atoms with Gasteiger partial charge in [0, 0.05) is 17.1 Å². The van der Waals surface area contributed by atoms with Crippen LogP contribution in [0.5, 0.6) is 0 Å². The van der Waals surface area contributed by atoms with Gasteiger partial charge in [-0.2, -0.15) is 0 Å². The van der Waals surface area contributed by atoms with E-state index < -0.39 is 0 Å². The van der Waals surface area contributed by atoms with E-state index in [4.69, 9.17) is 0 Å². The quantitative estimate of drug-likeness (QED) is 0.196. The van der Waals surface area contributed by atoms with Gasteiger partial charge in [-0.25, -0.2) is 0 Å². The third kappa shape index (κ3) is 5.43. The minimum Gasteiger partial charge on any atom is -0.311 e. The first-order valence-electron chi connectivity index (χ1n) is 12.8. The summed E-state index contributed by atoms with van der Waals surface area (Å²) >= 11 is 0. The Morgan fingerprint density at radius 2 is 0.947 bits per heavy atom. The highest BCUT2D eigenvalue weighted by molar-refractivity contribution is 5.82. The van der Waals surface area contributed by atoms with Crippen molar-refractivity contribution in [2.75, 3.05) is 4.90 Å². The van der Waals surface area contributed by atoms with Crippen LogP contribution in [0.3, 0.4) is 0 Å². The molecule has 0 atom stereocenters. The fourth-order valence-corrected chi connectivity index (χ4v) is 4.64. The lowest BCUT2D eigenvalue weighted by atomic mass is 10.0. The smallest absolute Gasteiger partial charge is 0.0462 e. The number of anilines is 3. The van der Waals surface area contributed by atoms with Crippen molar-refractivity contribution in [1.82, 2.24) is 0 Å². The lowest BCUT2D eigenvalue weighted by Crippen LogP contribution is -2.09. The molecule has 0 saturated heterocycles. The maximum absolute atomic E-state index is 3.95. The van der Waals surface area contributed by atoms with E-state index in [9.17, 15) is 0 Å². The second-order valence-corrected chi connectivity index (χ2v) is 9.27. The molecule has 0 saturated carbocycles. The predicted octanol–water partition coefficient (Wildman–Crippen LogP) is 10.6. The van der Waals surface area contributed by atoms with Gasteiger partial charge in [0.25, 0.3) is 0 Å². The minimum absolute atomic E-state index is 1.05. The van der Waals surface area contributed by atoms with E-state index in [1.807, 2.05) is 18.2 Å². The SMILES string of the molecule is C=C/C=C(\C=C)c1ccc(N(c2ccc(-c3ccccc3)cc2)c2ccc(-c3ccc(C)cc3)cc2)cc1. The topological polar surface area (TPSA) is 3.24 Å².